The second kappa shape index (κ2) is 9.53. The van der Waals surface area contributed by atoms with Gasteiger partial charge in [-0.2, -0.15) is 0 Å². The predicted octanol–water partition coefficient (Wildman–Crippen LogP) is 6.40. The minimum absolute atomic E-state index is 0.0900. The van der Waals surface area contributed by atoms with Gasteiger partial charge in [-0.15, -0.1) is 0 Å². The SMILES string of the molecule is CC1=C(C(=O)OCC(C)C)[C@H](c2cccc3ccccc23)C2=C(C[C@@H](c3ccccc3)CC2=O)N1. The molecule has 35 heavy (non-hydrogen) atoms. The summed E-state index contributed by atoms with van der Waals surface area (Å²) in [6.07, 6.45) is 1.16. The molecule has 1 aliphatic carbocycles. The molecular formula is C31H31NO3. The van der Waals surface area contributed by atoms with Crippen LogP contribution in [-0.2, 0) is 14.3 Å². The lowest BCUT2D eigenvalue weighted by atomic mass is 9.71. The third-order valence-corrected chi connectivity index (χ3v) is 7.00. The Morgan fingerprint density at radius 1 is 0.971 bits per heavy atom. The Morgan fingerprint density at radius 2 is 1.69 bits per heavy atom. The first kappa shape index (κ1) is 23.1. The van der Waals surface area contributed by atoms with E-state index in [1.54, 1.807) is 0 Å². The van der Waals surface area contributed by atoms with Crippen LogP contribution in [0.1, 0.15) is 56.6 Å². The molecule has 4 heteroatoms. The van der Waals surface area contributed by atoms with E-state index in [0.717, 1.165) is 34.2 Å². The van der Waals surface area contributed by atoms with Gasteiger partial charge in [0.15, 0.2) is 5.78 Å². The molecule has 2 aliphatic rings. The van der Waals surface area contributed by atoms with Gasteiger partial charge in [-0.05, 0) is 47.1 Å². The quantitative estimate of drug-likeness (QED) is 0.443. The molecule has 2 atom stereocenters. The lowest BCUT2D eigenvalue weighted by Crippen LogP contribution is -2.36. The third kappa shape index (κ3) is 4.41. The van der Waals surface area contributed by atoms with Crippen LogP contribution in [0.4, 0.5) is 0 Å². The van der Waals surface area contributed by atoms with Gasteiger partial charge in [0.1, 0.15) is 0 Å². The van der Waals surface area contributed by atoms with E-state index in [2.05, 4.69) is 35.6 Å². The summed E-state index contributed by atoms with van der Waals surface area (Å²) in [5.74, 6) is -0.380. The number of rotatable bonds is 5. The van der Waals surface area contributed by atoms with Gasteiger partial charge < -0.3 is 10.1 Å². The number of carbonyl (C=O) groups is 2. The van der Waals surface area contributed by atoms with Crippen molar-refractivity contribution in [1.29, 1.82) is 0 Å². The van der Waals surface area contributed by atoms with Crippen molar-refractivity contribution in [1.82, 2.24) is 5.32 Å². The van der Waals surface area contributed by atoms with Crippen molar-refractivity contribution < 1.29 is 14.3 Å². The zero-order valence-electron chi connectivity index (χ0n) is 20.5. The van der Waals surface area contributed by atoms with Crippen molar-refractivity contribution in [2.75, 3.05) is 6.61 Å². The molecule has 4 nitrogen and oxygen atoms in total. The number of hydrogen-bond donors (Lipinski definition) is 1. The van der Waals surface area contributed by atoms with Gasteiger partial charge in [0.2, 0.25) is 0 Å². The van der Waals surface area contributed by atoms with Gasteiger partial charge in [0.25, 0.3) is 0 Å². The summed E-state index contributed by atoms with van der Waals surface area (Å²) < 4.78 is 5.71. The summed E-state index contributed by atoms with van der Waals surface area (Å²) in [6.45, 7) is 6.30. The van der Waals surface area contributed by atoms with Crippen LogP contribution < -0.4 is 5.32 Å². The first-order chi connectivity index (χ1) is 16.9. The van der Waals surface area contributed by atoms with E-state index in [1.807, 2.05) is 63.2 Å². The zero-order chi connectivity index (χ0) is 24.5. The molecule has 5 rings (SSSR count). The van der Waals surface area contributed by atoms with Gasteiger partial charge in [0, 0.05) is 29.3 Å². The molecule has 3 aromatic rings. The summed E-state index contributed by atoms with van der Waals surface area (Å²) in [7, 11) is 0. The molecule has 0 radical (unpaired) electrons. The first-order valence-electron chi connectivity index (χ1n) is 12.4. The molecule has 1 N–H and O–H groups in total. The molecule has 0 fully saturated rings. The second-order valence-electron chi connectivity index (χ2n) is 9.99. The number of fused-ring (bicyclic) bond motifs is 1. The molecule has 3 aromatic carbocycles. The highest BCUT2D eigenvalue weighted by molar-refractivity contribution is 6.05. The first-order valence-corrected chi connectivity index (χ1v) is 12.4. The van der Waals surface area contributed by atoms with Crippen LogP contribution in [0.15, 0.2) is 95.3 Å². The van der Waals surface area contributed by atoms with Gasteiger partial charge in [-0.3, -0.25) is 4.79 Å². The summed E-state index contributed by atoms with van der Waals surface area (Å²) in [5.41, 5.74) is 5.06. The van der Waals surface area contributed by atoms with Crippen LogP contribution in [-0.4, -0.2) is 18.4 Å². The molecule has 0 aromatic heterocycles. The molecule has 0 unspecified atom stereocenters. The van der Waals surface area contributed by atoms with Gasteiger partial charge >= 0.3 is 5.97 Å². The second-order valence-corrected chi connectivity index (χ2v) is 9.99. The molecule has 1 aliphatic heterocycles. The van der Waals surface area contributed by atoms with Crippen molar-refractivity contribution in [3.63, 3.8) is 0 Å². The summed E-state index contributed by atoms with van der Waals surface area (Å²) in [4.78, 5) is 27.2. The topological polar surface area (TPSA) is 55.4 Å². The van der Waals surface area contributed by atoms with Crippen molar-refractivity contribution in [3.8, 4) is 0 Å². The highest BCUT2D eigenvalue weighted by atomic mass is 16.5. The van der Waals surface area contributed by atoms with Crippen LogP contribution in [0.5, 0.6) is 0 Å². The van der Waals surface area contributed by atoms with E-state index in [4.69, 9.17) is 4.74 Å². The average molecular weight is 466 g/mol. The number of ether oxygens (including phenoxy) is 1. The van der Waals surface area contributed by atoms with E-state index < -0.39 is 5.92 Å². The molecule has 0 saturated carbocycles. The van der Waals surface area contributed by atoms with E-state index in [1.165, 1.54) is 5.56 Å². The number of benzene rings is 3. The standard InChI is InChI=1S/C31H31NO3/c1-19(2)18-35-31(34)28-20(3)32-26-16-23(21-10-5-4-6-11-21)17-27(33)30(26)29(28)25-15-9-13-22-12-7-8-14-24(22)25/h4-15,19,23,29,32H,16-18H2,1-3H3/t23-,29+/m1/s1. The van der Waals surface area contributed by atoms with E-state index >= 15 is 0 Å². The van der Waals surface area contributed by atoms with Crippen LogP contribution in [0.3, 0.4) is 0 Å². The Labute approximate surface area is 206 Å². The number of nitrogens with one attached hydrogen (secondary N) is 1. The van der Waals surface area contributed by atoms with Crippen LogP contribution in [0.25, 0.3) is 10.8 Å². The van der Waals surface area contributed by atoms with Crippen LogP contribution in [0.2, 0.25) is 0 Å². The number of Topliss-reactive ketones (excluding diaryl/α,β-unsaturated/α-hetero) is 1. The molecule has 178 valence electrons. The van der Waals surface area contributed by atoms with E-state index in [-0.39, 0.29) is 23.6 Å². The summed E-state index contributed by atoms with van der Waals surface area (Å²) in [6, 6.07) is 24.5. The smallest absolute Gasteiger partial charge is 0.336 e. The Balaban J connectivity index is 1.64. The zero-order valence-corrected chi connectivity index (χ0v) is 20.5. The van der Waals surface area contributed by atoms with Gasteiger partial charge in [-0.25, -0.2) is 4.79 Å². The maximum Gasteiger partial charge on any atom is 0.336 e. The normalized spacial score (nSPS) is 20.2. The largest absolute Gasteiger partial charge is 0.462 e. The molecule has 0 spiro atoms. The average Bonchev–Trinajstić information content (AvgIpc) is 2.86. The summed E-state index contributed by atoms with van der Waals surface area (Å²) >= 11 is 0. The number of allylic oxidation sites excluding steroid dienone is 3. The lowest BCUT2D eigenvalue weighted by molar-refractivity contribution is -0.140. The monoisotopic (exact) mass is 465 g/mol. The fourth-order valence-corrected chi connectivity index (χ4v) is 5.40. The van der Waals surface area contributed by atoms with Crippen molar-refractivity contribution in [2.24, 2.45) is 5.92 Å². The number of carbonyl (C=O) groups excluding carboxylic acids is 2. The Morgan fingerprint density at radius 3 is 2.46 bits per heavy atom. The number of esters is 1. The van der Waals surface area contributed by atoms with Crippen LogP contribution in [0, 0.1) is 5.92 Å². The number of hydrogen-bond acceptors (Lipinski definition) is 4. The van der Waals surface area contributed by atoms with E-state index in [9.17, 15) is 9.59 Å². The minimum Gasteiger partial charge on any atom is -0.462 e. The molecule has 0 saturated heterocycles. The van der Waals surface area contributed by atoms with Crippen molar-refractivity contribution in [2.45, 2.75) is 45.4 Å². The summed E-state index contributed by atoms with van der Waals surface area (Å²) in [5, 5.41) is 5.59. The maximum absolute atomic E-state index is 13.8. The van der Waals surface area contributed by atoms with E-state index in [0.29, 0.717) is 24.2 Å². The van der Waals surface area contributed by atoms with Crippen molar-refractivity contribution in [3.05, 3.63) is 106 Å². The fraction of sp³-hybridized carbons (Fsp3) is 0.290. The minimum atomic E-state index is -0.457. The van der Waals surface area contributed by atoms with Gasteiger partial charge in [0.05, 0.1) is 12.2 Å². The molecule has 0 bridgehead atoms. The molecular weight excluding hydrogens is 434 g/mol. The third-order valence-electron chi connectivity index (χ3n) is 7.00. The Kier molecular flexibility index (Phi) is 6.29. The lowest BCUT2D eigenvalue weighted by Gasteiger charge is -2.37. The Hall–Kier alpha value is -3.66. The number of ketones is 1. The molecule has 1 heterocycles. The van der Waals surface area contributed by atoms with Crippen LogP contribution >= 0.6 is 0 Å². The fourth-order valence-electron chi connectivity index (χ4n) is 5.40. The Bertz CT molecular complexity index is 1340. The predicted molar refractivity (Wildman–Crippen MR) is 139 cm³/mol. The highest BCUT2D eigenvalue weighted by Crippen LogP contribution is 2.47. The molecule has 0 amide bonds. The maximum atomic E-state index is 13.8. The van der Waals surface area contributed by atoms with Crippen molar-refractivity contribution >= 4 is 22.5 Å². The van der Waals surface area contributed by atoms with Gasteiger partial charge in [-0.1, -0.05) is 86.6 Å². The highest BCUT2D eigenvalue weighted by Gasteiger charge is 2.41. The number of dihydropyridines is 1.